The number of aliphatic imine (C=N–C) groups is 2. The molecule has 0 atom stereocenters. The van der Waals surface area contributed by atoms with Gasteiger partial charge >= 0.3 is 0 Å². The molecule has 0 aliphatic heterocycles. The molecule has 0 spiro atoms. The van der Waals surface area contributed by atoms with Crippen LogP contribution in [0.4, 0.5) is 11.4 Å². The monoisotopic (exact) mass is 557 g/mol. The van der Waals surface area contributed by atoms with Crippen LogP contribution in [0, 0.1) is 7.43 Å². The molecular weight excluding hydrogens is 531 g/mol. The minimum Gasteiger partial charge on any atom is -0.358 e. The Bertz CT molecular complexity index is 1720. The molecule has 0 heterocycles. The van der Waals surface area contributed by atoms with Crippen molar-refractivity contribution in [3.8, 4) is 22.3 Å². The maximum atomic E-state index is 5.34. The summed E-state index contributed by atoms with van der Waals surface area (Å²) in [6.45, 7) is 0. The Labute approximate surface area is 245 Å². The molecule has 6 aromatic carbocycles. The van der Waals surface area contributed by atoms with E-state index in [1.807, 2.05) is 12.1 Å². The molecule has 6 aromatic rings. The van der Waals surface area contributed by atoms with Gasteiger partial charge in [-0.2, -0.15) is 0 Å². The molecule has 7 rings (SSSR count). The molecule has 40 heavy (non-hydrogen) atoms. The quantitative estimate of drug-likeness (QED) is 0.152. The van der Waals surface area contributed by atoms with Crippen LogP contribution in [0.3, 0.4) is 0 Å². The van der Waals surface area contributed by atoms with Gasteiger partial charge in [-0.3, -0.25) is 0 Å². The molecular formula is C37H27N2Ni-. The summed E-state index contributed by atoms with van der Waals surface area (Å²) in [5, 5.41) is 2.41. The van der Waals surface area contributed by atoms with Crippen molar-refractivity contribution in [2.75, 3.05) is 0 Å². The summed E-state index contributed by atoms with van der Waals surface area (Å²) in [6.07, 6.45) is 0. The summed E-state index contributed by atoms with van der Waals surface area (Å²) in [5.41, 5.74) is 10.4. The van der Waals surface area contributed by atoms with Gasteiger partial charge in [0.05, 0.1) is 22.8 Å². The standard InChI is InChI=1S/C36H24N2.CH3.Ni/c1-3-13-25(14-4-1)28-19-7-9-23-32(28)37-35-30-21-11-17-27-18-12-22-31(34(27)30)36(35)38-33-24-10-8-20-29(33)26-15-5-2-6-16-26;;/h1-24H;1H3;/q;-1;. The first-order valence-electron chi connectivity index (χ1n) is 12.9. The van der Waals surface area contributed by atoms with Gasteiger partial charge in [0.15, 0.2) is 0 Å². The fourth-order valence-corrected chi connectivity index (χ4v) is 5.32. The van der Waals surface area contributed by atoms with Gasteiger partial charge in [-0.25, -0.2) is 9.98 Å². The molecule has 0 saturated heterocycles. The summed E-state index contributed by atoms with van der Waals surface area (Å²) in [7, 11) is 0. The molecule has 1 aliphatic carbocycles. The first-order chi connectivity index (χ1) is 18.9. The van der Waals surface area contributed by atoms with Gasteiger partial charge in [-0.05, 0) is 28.6 Å². The van der Waals surface area contributed by atoms with E-state index in [1.54, 1.807) is 0 Å². The molecule has 0 unspecified atom stereocenters. The zero-order chi connectivity index (χ0) is 25.3. The van der Waals surface area contributed by atoms with E-state index in [2.05, 4.69) is 133 Å². The third-order valence-corrected chi connectivity index (χ3v) is 7.08. The van der Waals surface area contributed by atoms with Crippen LogP contribution in [0.5, 0.6) is 0 Å². The second-order valence-electron chi connectivity index (χ2n) is 9.40. The SMILES string of the molecule is [CH3-].[Ni].c1ccc(-c2ccccc2N=C2C(=Nc3ccccc3-c3ccccc3)c3cccc4cccc2c34)cc1. The molecule has 2 nitrogen and oxygen atoms in total. The molecule has 0 saturated carbocycles. The van der Waals surface area contributed by atoms with Gasteiger partial charge in [0.1, 0.15) is 0 Å². The van der Waals surface area contributed by atoms with Gasteiger partial charge in [-0.1, -0.05) is 133 Å². The zero-order valence-corrected chi connectivity index (χ0v) is 23.1. The van der Waals surface area contributed by atoms with Crippen molar-refractivity contribution in [1.29, 1.82) is 0 Å². The number of benzene rings is 6. The molecule has 0 radical (unpaired) electrons. The number of hydrogen-bond donors (Lipinski definition) is 0. The largest absolute Gasteiger partial charge is 0.358 e. The van der Waals surface area contributed by atoms with Gasteiger partial charge in [0, 0.05) is 44.1 Å². The summed E-state index contributed by atoms with van der Waals surface area (Å²) in [6, 6.07) is 50.5. The van der Waals surface area contributed by atoms with E-state index < -0.39 is 0 Å². The Morgan fingerprint density at radius 1 is 0.350 bits per heavy atom. The Kier molecular flexibility index (Phi) is 7.87. The van der Waals surface area contributed by atoms with Gasteiger partial charge in [-0.15, -0.1) is 0 Å². The first kappa shape index (κ1) is 27.0. The molecule has 196 valence electrons. The predicted molar refractivity (Wildman–Crippen MR) is 167 cm³/mol. The van der Waals surface area contributed by atoms with Crippen LogP contribution in [0.25, 0.3) is 33.0 Å². The number of para-hydroxylation sites is 2. The van der Waals surface area contributed by atoms with Crippen molar-refractivity contribution in [1.82, 2.24) is 0 Å². The maximum absolute atomic E-state index is 5.34. The van der Waals surface area contributed by atoms with Crippen molar-refractivity contribution < 1.29 is 16.5 Å². The van der Waals surface area contributed by atoms with Crippen LogP contribution >= 0.6 is 0 Å². The third kappa shape index (κ3) is 4.81. The zero-order valence-electron chi connectivity index (χ0n) is 22.1. The van der Waals surface area contributed by atoms with Crippen molar-refractivity contribution in [2.24, 2.45) is 9.98 Å². The average Bonchev–Trinajstić information content (AvgIpc) is 3.28. The fourth-order valence-electron chi connectivity index (χ4n) is 5.32. The molecule has 0 amide bonds. The van der Waals surface area contributed by atoms with E-state index >= 15 is 0 Å². The van der Waals surface area contributed by atoms with Crippen LogP contribution in [-0.4, -0.2) is 11.4 Å². The van der Waals surface area contributed by atoms with Crippen molar-refractivity contribution in [3.63, 3.8) is 0 Å². The van der Waals surface area contributed by atoms with Gasteiger partial charge < -0.3 is 7.43 Å². The smallest absolute Gasteiger partial charge is 0.0979 e. The van der Waals surface area contributed by atoms with Crippen LogP contribution in [0.15, 0.2) is 156 Å². The Morgan fingerprint density at radius 3 is 1.18 bits per heavy atom. The molecule has 0 bridgehead atoms. The average molecular weight is 558 g/mol. The van der Waals surface area contributed by atoms with E-state index in [-0.39, 0.29) is 23.9 Å². The Hall–Kier alpha value is -4.59. The van der Waals surface area contributed by atoms with Crippen LogP contribution in [0.2, 0.25) is 0 Å². The summed E-state index contributed by atoms with van der Waals surface area (Å²) >= 11 is 0. The van der Waals surface area contributed by atoms with Crippen molar-refractivity contribution in [3.05, 3.63) is 164 Å². The minimum atomic E-state index is 0. The van der Waals surface area contributed by atoms with E-state index in [9.17, 15) is 0 Å². The molecule has 1 aliphatic rings. The molecule has 0 aromatic heterocycles. The Morgan fingerprint density at radius 2 is 0.725 bits per heavy atom. The van der Waals surface area contributed by atoms with Crippen LogP contribution < -0.4 is 0 Å². The summed E-state index contributed by atoms with van der Waals surface area (Å²) < 4.78 is 0. The Balaban J connectivity index is 0.00000161. The van der Waals surface area contributed by atoms with Crippen molar-refractivity contribution >= 4 is 33.6 Å². The first-order valence-corrected chi connectivity index (χ1v) is 12.9. The predicted octanol–water partition coefficient (Wildman–Crippen LogP) is 9.88. The molecule has 0 fully saturated rings. The van der Waals surface area contributed by atoms with Crippen LogP contribution in [0.1, 0.15) is 11.1 Å². The summed E-state index contributed by atoms with van der Waals surface area (Å²) in [4.78, 5) is 10.7. The second-order valence-corrected chi connectivity index (χ2v) is 9.40. The summed E-state index contributed by atoms with van der Waals surface area (Å²) in [5.74, 6) is 0. The van der Waals surface area contributed by atoms with E-state index in [1.165, 1.54) is 10.8 Å². The second kappa shape index (κ2) is 11.7. The number of rotatable bonds is 4. The topological polar surface area (TPSA) is 24.7 Å². The molecule has 3 heteroatoms. The van der Waals surface area contributed by atoms with E-state index in [0.717, 1.165) is 56.2 Å². The number of hydrogen-bond acceptors (Lipinski definition) is 2. The van der Waals surface area contributed by atoms with E-state index in [0.29, 0.717) is 0 Å². The van der Waals surface area contributed by atoms with E-state index in [4.69, 9.17) is 9.98 Å². The van der Waals surface area contributed by atoms with Gasteiger partial charge in [0.25, 0.3) is 0 Å². The van der Waals surface area contributed by atoms with Gasteiger partial charge in [0.2, 0.25) is 0 Å². The normalized spacial score (nSPS) is 13.7. The third-order valence-electron chi connectivity index (χ3n) is 7.08. The van der Waals surface area contributed by atoms with Crippen molar-refractivity contribution in [2.45, 2.75) is 0 Å². The number of nitrogens with zero attached hydrogens (tertiary/aromatic N) is 2. The molecule has 0 N–H and O–H groups in total. The maximum Gasteiger partial charge on any atom is 0.0979 e. The van der Waals surface area contributed by atoms with Crippen LogP contribution in [-0.2, 0) is 16.5 Å². The fraction of sp³-hybridized carbons (Fsp3) is 0. The minimum absolute atomic E-state index is 0.